The molecule has 0 unspecified atom stereocenters. The molecule has 1 aromatic carbocycles. The van der Waals surface area contributed by atoms with Crippen LogP contribution in [0.4, 0.5) is 0 Å². The number of hydrogen-bond acceptors (Lipinski definition) is 4. The average Bonchev–Trinajstić information content (AvgIpc) is 2.77. The van der Waals surface area contributed by atoms with Crippen molar-refractivity contribution in [3.8, 4) is 11.4 Å². The molecular formula is C14H19N3O. The standard InChI is InChI=1S/C14H19N3O/c1-9(2)7-12(15)14-16-13(17-18-14)11-6-4-5-10(3)8-11/h4-6,8-9,12H,7,15H2,1-3H3/t12-/m1/s1. The quantitative estimate of drug-likeness (QED) is 0.899. The van der Waals surface area contributed by atoms with E-state index in [9.17, 15) is 0 Å². The number of hydrogen-bond donors (Lipinski definition) is 1. The highest BCUT2D eigenvalue weighted by Crippen LogP contribution is 2.21. The van der Waals surface area contributed by atoms with Crippen LogP contribution in [0.3, 0.4) is 0 Å². The Bertz CT molecular complexity index is 519. The monoisotopic (exact) mass is 245 g/mol. The van der Waals surface area contributed by atoms with Crippen LogP contribution >= 0.6 is 0 Å². The fourth-order valence-corrected chi connectivity index (χ4v) is 1.90. The van der Waals surface area contributed by atoms with Gasteiger partial charge in [0.25, 0.3) is 0 Å². The first-order valence-electron chi connectivity index (χ1n) is 6.22. The second-order valence-corrected chi connectivity index (χ2v) is 5.06. The van der Waals surface area contributed by atoms with Gasteiger partial charge in [0.2, 0.25) is 11.7 Å². The Kier molecular flexibility index (Phi) is 3.77. The molecule has 0 bridgehead atoms. The molecule has 4 heteroatoms. The molecule has 0 aliphatic heterocycles. The zero-order valence-corrected chi connectivity index (χ0v) is 11.1. The van der Waals surface area contributed by atoms with Crippen molar-refractivity contribution in [2.45, 2.75) is 33.2 Å². The second-order valence-electron chi connectivity index (χ2n) is 5.06. The third-order valence-electron chi connectivity index (χ3n) is 2.76. The van der Waals surface area contributed by atoms with Gasteiger partial charge in [0.15, 0.2) is 0 Å². The molecule has 1 heterocycles. The fourth-order valence-electron chi connectivity index (χ4n) is 1.90. The summed E-state index contributed by atoms with van der Waals surface area (Å²) in [5.74, 6) is 1.63. The average molecular weight is 245 g/mol. The lowest BCUT2D eigenvalue weighted by molar-refractivity contribution is 0.335. The van der Waals surface area contributed by atoms with Crippen molar-refractivity contribution in [3.05, 3.63) is 35.7 Å². The molecule has 2 N–H and O–H groups in total. The molecule has 1 atom stereocenters. The molecule has 0 aliphatic carbocycles. The molecule has 0 fully saturated rings. The highest BCUT2D eigenvalue weighted by atomic mass is 16.5. The van der Waals surface area contributed by atoms with E-state index in [1.54, 1.807) is 0 Å². The smallest absolute Gasteiger partial charge is 0.243 e. The summed E-state index contributed by atoms with van der Waals surface area (Å²) in [6, 6.07) is 7.83. The molecule has 0 spiro atoms. The highest BCUT2D eigenvalue weighted by Gasteiger charge is 2.16. The van der Waals surface area contributed by atoms with Gasteiger partial charge in [0.05, 0.1) is 6.04 Å². The summed E-state index contributed by atoms with van der Waals surface area (Å²) in [6.45, 7) is 6.28. The van der Waals surface area contributed by atoms with Crippen molar-refractivity contribution in [3.63, 3.8) is 0 Å². The topological polar surface area (TPSA) is 64.9 Å². The highest BCUT2D eigenvalue weighted by molar-refractivity contribution is 5.55. The van der Waals surface area contributed by atoms with Gasteiger partial charge in [0.1, 0.15) is 0 Å². The minimum absolute atomic E-state index is 0.184. The summed E-state index contributed by atoms with van der Waals surface area (Å²) >= 11 is 0. The van der Waals surface area contributed by atoms with E-state index in [1.165, 1.54) is 5.56 Å². The Balaban J connectivity index is 2.20. The van der Waals surface area contributed by atoms with Crippen molar-refractivity contribution in [1.82, 2.24) is 10.1 Å². The maximum Gasteiger partial charge on any atom is 0.243 e. The van der Waals surface area contributed by atoms with E-state index in [0.29, 0.717) is 17.6 Å². The van der Waals surface area contributed by atoms with Gasteiger partial charge in [-0.05, 0) is 25.3 Å². The van der Waals surface area contributed by atoms with Crippen LogP contribution in [-0.4, -0.2) is 10.1 Å². The maximum absolute atomic E-state index is 6.02. The molecule has 4 nitrogen and oxygen atoms in total. The van der Waals surface area contributed by atoms with Gasteiger partial charge in [-0.3, -0.25) is 0 Å². The lowest BCUT2D eigenvalue weighted by Gasteiger charge is -2.08. The van der Waals surface area contributed by atoms with Crippen LogP contribution in [0, 0.1) is 12.8 Å². The van der Waals surface area contributed by atoms with Gasteiger partial charge in [-0.25, -0.2) is 0 Å². The largest absolute Gasteiger partial charge is 0.337 e. The zero-order valence-electron chi connectivity index (χ0n) is 11.1. The molecule has 0 aliphatic rings. The molecule has 2 aromatic rings. The van der Waals surface area contributed by atoms with E-state index >= 15 is 0 Å². The minimum Gasteiger partial charge on any atom is -0.337 e. The SMILES string of the molecule is Cc1cccc(-c2noc([C@H](N)CC(C)C)n2)c1. The number of rotatable bonds is 4. The molecule has 18 heavy (non-hydrogen) atoms. The number of nitrogens with zero attached hydrogens (tertiary/aromatic N) is 2. The molecule has 96 valence electrons. The first-order valence-corrected chi connectivity index (χ1v) is 6.22. The maximum atomic E-state index is 6.02. The van der Waals surface area contributed by atoms with Crippen molar-refractivity contribution in [2.24, 2.45) is 11.7 Å². The predicted octanol–water partition coefficient (Wildman–Crippen LogP) is 3.09. The van der Waals surface area contributed by atoms with Crippen molar-refractivity contribution in [1.29, 1.82) is 0 Å². The van der Waals surface area contributed by atoms with Crippen LogP contribution in [0.2, 0.25) is 0 Å². The molecule has 0 amide bonds. The van der Waals surface area contributed by atoms with Crippen molar-refractivity contribution < 1.29 is 4.52 Å². The van der Waals surface area contributed by atoms with Gasteiger partial charge in [-0.1, -0.05) is 42.8 Å². The van der Waals surface area contributed by atoms with E-state index in [2.05, 4.69) is 24.0 Å². The van der Waals surface area contributed by atoms with Crippen LogP contribution < -0.4 is 5.73 Å². The van der Waals surface area contributed by atoms with E-state index in [-0.39, 0.29) is 6.04 Å². The Labute approximate surface area is 107 Å². The van der Waals surface area contributed by atoms with Gasteiger partial charge in [-0.2, -0.15) is 4.98 Å². The third-order valence-corrected chi connectivity index (χ3v) is 2.76. The Morgan fingerprint density at radius 2 is 2.11 bits per heavy atom. The Morgan fingerprint density at radius 3 is 2.78 bits per heavy atom. The summed E-state index contributed by atoms with van der Waals surface area (Å²) < 4.78 is 5.24. The van der Waals surface area contributed by atoms with Crippen LogP contribution in [0.5, 0.6) is 0 Å². The zero-order chi connectivity index (χ0) is 13.1. The number of aryl methyl sites for hydroxylation is 1. The Hall–Kier alpha value is -1.68. The van der Waals surface area contributed by atoms with E-state index in [4.69, 9.17) is 10.3 Å². The van der Waals surface area contributed by atoms with Gasteiger partial charge < -0.3 is 10.3 Å². The van der Waals surface area contributed by atoms with Crippen LogP contribution in [-0.2, 0) is 0 Å². The molecule has 1 aromatic heterocycles. The predicted molar refractivity (Wildman–Crippen MR) is 70.9 cm³/mol. The van der Waals surface area contributed by atoms with E-state index in [1.807, 2.05) is 31.2 Å². The summed E-state index contributed by atoms with van der Waals surface area (Å²) in [4.78, 5) is 4.37. The van der Waals surface area contributed by atoms with Crippen molar-refractivity contribution in [2.75, 3.05) is 0 Å². The molecule has 0 saturated carbocycles. The van der Waals surface area contributed by atoms with Gasteiger partial charge in [-0.15, -0.1) is 0 Å². The normalized spacial score (nSPS) is 12.9. The van der Waals surface area contributed by atoms with Crippen LogP contribution in [0.25, 0.3) is 11.4 Å². The van der Waals surface area contributed by atoms with Crippen LogP contribution in [0.15, 0.2) is 28.8 Å². The van der Waals surface area contributed by atoms with Gasteiger partial charge >= 0.3 is 0 Å². The number of benzene rings is 1. The first kappa shape index (κ1) is 12.8. The summed E-state index contributed by atoms with van der Waals surface area (Å²) in [5.41, 5.74) is 8.15. The lowest BCUT2D eigenvalue weighted by atomic mass is 10.0. The van der Waals surface area contributed by atoms with Crippen LogP contribution in [0.1, 0.15) is 37.8 Å². The molecule has 0 saturated heterocycles. The summed E-state index contributed by atoms with van der Waals surface area (Å²) in [7, 11) is 0. The first-order chi connectivity index (χ1) is 8.56. The number of aromatic nitrogens is 2. The number of nitrogens with two attached hydrogens (primary N) is 1. The van der Waals surface area contributed by atoms with Crippen molar-refractivity contribution >= 4 is 0 Å². The molecule has 2 rings (SSSR count). The molecular weight excluding hydrogens is 226 g/mol. The van der Waals surface area contributed by atoms with E-state index < -0.39 is 0 Å². The van der Waals surface area contributed by atoms with Gasteiger partial charge in [0, 0.05) is 5.56 Å². The second kappa shape index (κ2) is 5.31. The Morgan fingerprint density at radius 1 is 1.33 bits per heavy atom. The minimum atomic E-state index is -0.184. The lowest BCUT2D eigenvalue weighted by Crippen LogP contribution is -2.13. The fraction of sp³-hybridized carbons (Fsp3) is 0.429. The molecule has 0 radical (unpaired) electrons. The summed E-state index contributed by atoms with van der Waals surface area (Å²) in [6.07, 6.45) is 0.843. The van der Waals surface area contributed by atoms with E-state index in [0.717, 1.165) is 12.0 Å². The summed E-state index contributed by atoms with van der Waals surface area (Å²) in [5, 5.41) is 3.99. The third kappa shape index (κ3) is 2.96.